The Morgan fingerprint density at radius 1 is 1.25 bits per heavy atom. The van der Waals surface area contributed by atoms with Crippen molar-refractivity contribution in [2.45, 2.75) is 32.0 Å². The zero-order valence-electron chi connectivity index (χ0n) is 17.4. The third-order valence-corrected chi connectivity index (χ3v) is 6.86. The largest absolute Gasteiger partial charge is 0.435 e. The SMILES string of the molecule is CS(=O)(=O)N1CCC(CCN(Cc2ccccc2F)C(=O)c2cc(C(F)(F)F)n[nH]2)CC1. The Hall–Kier alpha value is -2.47. The lowest BCUT2D eigenvalue weighted by Crippen LogP contribution is -2.39. The van der Waals surface area contributed by atoms with Crippen LogP contribution in [0, 0.1) is 11.7 Å². The second kappa shape index (κ2) is 9.57. The summed E-state index contributed by atoms with van der Waals surface area (Å²) in [5, 5.41) is 5.29. The van der Waals surface area contributed by atoms with Crippen molar-refractivity contribution in [3.05, 3.63) is 53.1 Å². The average Bonchev–Trinajstić information content (AvgIpc) is 3.22. The Morgan fingerprint density at radius 2 is 1.91 bits per heavy atom. The van der Waals surface area contributed by atoms with Gasteiger partial charge in [-0.15, -0.1) is 0 Å². The van der Waals surface area contributed by atoms with Crippen LogP contribution < -0.4 is 0 Å². The number of aromatic amines is 1. The van der Waals surface area contributed by atoms with Gasteiger partial charge in [-0.2, -0.15) is 18.3 Å². The molecule has 0 aliphatic carbocycles. The topological polar surface area (TPSA) is 86.4 Å². The summed E-state index contributed by atoms with van der Waals surface area (Å²) in [6.45, 7) is 0.811. The van der Waals surface area contributed by atoms with Gasteiger partial charge in [0.2, 0.25) is 10.0 Å². The second-order valence-corrected chi connectivity index (χ2v) is 9.86. The molecule has 1 N–H and O–H groups in total. The zero-order chi connectivity index (χ0) is 23.5. The Bertz CT molecular complexity index is 1050. The van der Waals surface area contributed by atoms with Crippen LogP contribution in [-0.2, 0) is 22.7 Å². The van der Waals surface area contributed by atoms with Gasteiger partial charge in [0.1, 0.15) is 11.5 Å². The van der Waals surface area contributed by atoms with E-state index in [-0.39, 0.29) is 30.3 Å². The molecule has 0 atom stereocenters. The number of benzene rings is 1. The van der Waals surface area contributed by atoms with E-state index < -0.39 is 33.6 Å². The highest BCUT2D eigenvalue weighted by molar-refractivity contribution is 7.88. The third-order valence-electron chi connectivity index (χ3n) is 5.55. The number of aromatic nitrogens is 2. The molecule has 3 rings (SSSR count). The molecule has 0 bridgehead atoms. The molecule has 2 heterocycles. The maximum atomic E-state index is 14.2. The normalized spacial score (nSPS) is 16.3. The summed E-state index contributed by atoms with van der Waals surface area (Å²) in [5.41, 5.74) is -1.30. The molecule has 176 valence electrons. The molecular weight excluding hydrogens is 452 g/mol. The summed E-state index contributed by atoms with van der Waals surface area (Å²) < 4.78 is 77.5. The average molecular weight is 476 g/mol. The van der Waals surface area contributed by atoms with Crippen molar-refractivity contribution >= 4 is 15.9 Å². The highest BCUT2D eigenvalue weighted by Gasteiger charge is 2.35. The summed E-state index contributed by atoms with van der Waals surface area (Å²) in [6, 6.07) is 6.51. The van der Waals surface area contributed by atoms with E-state index in [4.69, 9.17) is 0 Å². The lowest BCUT2D eigenvalue weighted by atomic mass is 9.94. The Balaban J connectivity index is 1.72. The van der Waals surface area contributed by atoms with E-state index in [2.05, 4.69) is 10.2 Å². The second-order valence-electron chi connectivity index (χ2n) is 7.88. The van der Waals surface area contributed by atoms with E-state index in [0.717, 1.165) is 6.26 Å². The Kier molecular flexibility index (Phi) is 7.23. The number of nitrogens with zero attached hydrogens (tertiary/aromatic N) is 3. The van der Waals surface area contributed by atoms with Crippen molar-refractivity contribution in [3.8, 4) is 0 Å². The third kappa shape index (κ3) is 6.06. The molecule has 1 amide bonds. The van der Waals surface area contributed by atoms with Crippen molar-refractivity contribution in [1.29, 1.82) is 0 Å². The van der Waals surface area contributed by atoms with Crippen molar-refractivity contribution in [1.82, 2.24) is 19.4 Å². The minimum Gasteiger partial charge on any atom is -0.333 e. The molecule has 0 unspecified atom stereocenters. The van der Waals surface area contributed by atoms with Gasteiger partial charge < -0.3 is 4.90 Å². The number of amides is 1. The monoisotopic (exact) mass is 476 g/mol. The molecule has 0 spiro atoms. The van der Waals surface area contributed by atoms with Crippen LogP contribution in [0.2, 0.25) is 0 Å². The minimum atomic E-state index is -4.70. The summed E-state index contributed by atoms with van der Waals surface area (Å²) in [6.07, 6.45) is -1.81. The molecule has 0 radical (unpaired) electrons. The van der Waals surface area contributed by atoms with E-state index in [9.17, 15) is 30.8 Å². The number of rotatable bonds is 7. The summed E-state index contributed by atoms with van der Waals surface area (Å²) in [4.78, 5) is 14.2. The first-order valence-corrected chi connectivity index (χ1v) is 11.9. The van der Waals surface area contributed by atoms with Gasteiger partial charge in [0.05, 0.1) is 6.26 Å². The molecule has 1 fully saturated rings. The first-order valence-electron chi connectivity index (χ1n) is 10.1. The molecule has 1 saturated heterocycles. The first-order chi connectivity index (χ1) is 14.9. The molecule has 1 aromatic carbocycles. The van der Waals surface area contributed by atoms with Gasteiger partial charge in [0.25, 0.3) is 5.91 Å². The van der Waals surface area contributed by atoms with Crippen LogP contribution in [0.5, 0.6) is 0 Å². The van der Waals surface area contributed by atoms with Gasteiger partial charge in [0.15, 0.2) is 5.69 Å². The van der Waals surface area contributed by atoms with Gasteiger partial charge in [-0.05, 0) is 31.2 Å². The number of alkyl halides is 3. The number of halogens is 4. The lowest BCUT2D eigenvalue weighted by Gasteiger charge is -2.31. The molecule has 2 aromatic rings. The van der Waals surface area contributed by atoms with E-state index in [1.165, 1.54) is 27.4 Å². The highest BCUT2D eigenvalue weighted by Crippen LogP contribution is 2.28. The summed E-state index contributed by atoms with van der Waals surface area (Å²) in [7, 11) is -3.26. The predicted octanol–water partition coefficient (Wildman–Crippen LogP) is 3.27. The number of sulfonamides is 1. The van der Waals surface area contributed by atoms with E-state index >= 15 is 0 Å². The van der Waals surface area contributed by atoms with Crippen molar-refractivity contribution in [3.63, 3.8) is 0 Å². The number of hydrogen-bond donors (Lipinski definition) is 1. The molecular formula is C20H24F4N4O3S. The summed E-state index contributed by atoms with van der Waals surface area (Å²) in [5.74, 6) is -1.10. The summed E-state index contributed by atoms with van der Waals surface area (Å²) >= 11 is 0. The molecule has 7 nitrogen and oxygen atoms in total. The van der Waals surface area contributed by atoms with Gasteiger partial charge in [-0.3, -0.25) is 9.89 Å². The molecule has 1 aliphatic heterocycles. The number of nitrogens with one attached hydrogen (secondary N) is 1. The van der Waals surface area contributed by atoms with E-state index in [1.54, 1.807) is 6.07 Å². The number of hydrogen-bond acceptors (Lipinski definition) is 4. The standard InChI is InChI=1S/C20H24F4N4O3S/c1-32(30,31)28-10-7-14(8-11-28)6-9-27(13-15-4-2-3-5-16(15)21)19(29)17-12-18(26-25-17)20(22,23)24/h2-5,12,14H,6-11,13H2,1H3,(H,25,26). The maximum Gasteiger partial charge on any atom is 0.435 e. The van der Waals surface area contributed by atoms with Crippen LogP contribution in [0.15, 0.2) is 30.3 Å². The van der Waals surface area contributed by atoms with Gasteiger partial charge >= 0.3 is 6.18 Å². The minimum absolute atomic E-state index is 0.117. The van der Waals surface area contributed by atoms with Gasteiger partial charge in [-0.25, -0.2) is 17.1 Å². The number of piperidine rings is 1. The fraction of sp³-hybridized carbons (Fsp3) is 0.500. The highest BCUT2D eigenvalue weighted by atomic mass is 32.2. The fourth-order valence-electron chi connectivity index (χ4n) is 3.70. The van der Waals surface area contributed by atoms with Crippen LogP contribution >= 0.6 is 0 Å². The van der Waals surface area contributed by atoms with Crippen molar-refractivity contribution in [2.75, 3.05) is 25.9 Å². The van der Waals surface area contributed by atoms with Crippen LogP contribution in [0.4, 0.5) is 17.6 Å². The quantitative estimate of drug-likeness (QED) is 0.622. The number of H-pyrrole nitrogens is 1. The van der Waals surface area contributed by atoms with Gasteiger partial charge in [-0.1, -0.05) is 18.2 Å². The Labute approximate surface area is 183 Å². The van der Waals surface area contributed by atoms with Crippen LogP contribution in [0.3, 0.4) is 0 Å². The van der Waals surface area contributed by atoms with Crippen molar-refractivity contribution < 1.29 is 30.8 Å². The predicted molar refractivity (Wildman–Crippen MR) is 108 cm³/mol. The molecule has 1 aromatic heterocycles. The van der Waals surface area contributed by atoms with E-state index in [1.807, 2.05) is 0 Å². The Morgan fingerprint density at radius 3 is 2.47 bits per heavy atom. The first kappa shape index (κ1) is 24.2. The number of carbonyl (C=O) groups excluding carboxylic acids is 1. The van der Waals surface area contributed by atoms with Crippen molar-refractivity contribution in [2.24, 2.45) is 5.92 Å². The smallest absolute Gasteiger partial charge is 0.333 e. The molecule has 0 saturated carbocycles. The van der Waals surface area contributed by atoms with Crippen LogP contribution in [0.25, 0.3) is 0 Å². The maximum absolute atomic E-state index is 14.2. The fourth-order valence-corrected chi connectivity index (χ4v) is 4.57. The van der Waals surface area contributed by atoms with E-state index in [0.29, 0.717) is 38.4 Å². The van der Waals surface area contributed by atoms with Crippen LogP contribution in [0.1, 0.15) is 41.0 Å². The lowest BCUT2D eigenvalue weighted by molar-refractivity contribution is -0.141. The van der Waals surface area contributed by atoms with Gasteiger partial charge in [0, 0.05) is 37.8 Å². The molecule has 1 aliphatic rings. The number of carbonyl (C=O) groups is 1. The molecule has 12 heteroatoms. The molecule has 32 heavy (non-hydrogen) atoms. The van der Waals surface area contributed by atoms with Crippen LogP contribution in [-0.4, -0.2) is 59.6 Å². The zero-order valence-corrected chi connectivity index (χ0v) is 18.2.